The second-order valence-electron chi connectivity index (χ2n) is 8.29. The van der Waals surface area contributed by atoms with Gasteiger partial charge in [0.15, 0.2) is 5.79 Å². The maximum Gasteiger partial charge on any atom is 0.197 e. The molecule has 1 heterocycles. The van der Waals surface area contributed by atoms with E-state index in [2.05, 4.69) is 6.58 Å². The van der Waals surface area contributed by atoms with Gasteiger partial charge in [-0.1, -0.05) is 24.3 Å². The minimum absolute atomic E-state index is 0.0448. The topological polar surface area (TPSA) is 77.4 Å². The van der Waals surface area contributed by atoms with Crippen LogP contribution in [-0.2, 0) is 20.8 Å². The maximum absolute atomic E-state index is 11.0. The molecule has 0 radical (unpaired) electrons. The Morgan fingerprint density at radius 3 is 2.60 bits per heavy atom. The molecule has 0 bridgehead atoms. The normalized spacial score (nSPS) is 26.5. The van der Waals surface area contributed by atoms with E-state index in [4.69, 9.17) is 24.1 Å². The molecule has 0 spiro atoms. The molecule has 0 aliphatic carbocycles. The summed E-state index contributed by atoms with van der Waals surface area (Å²) in [7, 11) is 3.24. The molecular weight excluding hydrogens is 384 g/mol. The summed E-state index contributed by atoms with van der Waals surface area (Å²) in [5, 5.41) is 20.0. The minimum Gasteiger partial charge on any atom is -0.497 e. The molecule has 6 heteroatoms. The Labute approximate surface area is 180 Å². The van der Waals surface area contributed by atoms with Crippen LogP contribution in [0.3, 0.4) is 0 Å². The fourth-order valence-corrected chi connectivity index (χ4v) is 4.00. The molecule has 0 amide bonds. The van der Waals surface area contributed by atoms with Gasteiger partial charge in [0, 0.05) is 26.7 Å². The van der Waals surface area contributed by atoms with Crippen molar-refractivity contribution in [1.82, 2.24) is 0 Å². The number of methoxy groups -OCH3 is 2. The second-order valence-corrected chi connectivity index (χ2v) is 8.29. The molecule has 1 saturated heterocycles. The van der Waals surface area contributed by atoms with E-state index in [9.17, 15) is 5.11 Å². The molecule has 6 nitrogen and oxygen atoms in total. The lowest BCUT2D eigenvalue weighted by Gasteiger charge is -2.50. The zero-order chi connectivity index (χ0) is 22.0. The molecule has 3 atom stereocenters. The van der Waals surface area contributed by atoms with Crippen molar-refractivity contribution >= 4 is 0 Å². The average molecular weight is 423 g/mol. The highest BCUT2D eigenvalue weighted by atomic mass is 16.7. The molecule has 1 aliphatic heterocycles. The second kappa shape index (κ2) is 11.8. The molecule has 0 unspecified atom stereocenters. The number of benzene rings is 1. The van der Waals surface area contributed by atoms with Crippen molar-refractivity contribution in [3.05, 3.63) is 42.0 Å². The van der Waals surface area contributed by atoms with Crippen molar-refractivity contribution in [3.63, 3.8) is 0 Å². The van der Waals surface area contributed by atoms with Gasteiger partial charge in [-0.3, -0.25) is 0 Å². The Bertz CT molecular complexity index is 642. The lowest BCUT2D eigenvalue weighted by Crippen LogP contribution is -2.60. The predicted molar refractivity (Wildman–Crippen MR) is 116 cm³/mol. The predicted octanol–water partition coefficient (Wildman–Crippen LogP) is 3.98. The Hall–Kier alpha value is -1.44. The van der Waals surface area contributed by atoms with E-state index < -0.39 is 11.4 Å². The summed E-state index contributed by atoms with van der Waals surface area (Å²) in [4.78, 5) is 0. The number of rotatable bonds is 13. The summed E-state index contributed by atoms with van der Waals surface area (Å²) in [6.07, 6.45) is 4.77. The summed E-state index contributed by atoms with van der Waals surface area (Å²) in [6, 6.07) is 7.80. The molecule has 170 valence electrons. The first-order valence-corrected chi connectivity index (χ1v) is 10.8. The third-order valence-corrected chi connectivity index (χ3v) is 5.89. The van der Waals surface area contributed by atoms with Gasteiger partial charge in [-0.05, 0) is 63.1 Å². The molecule has 1 fully saturated rings. The van der Waals surface area contributed by atoms with E-state index in [1.165, 1.54) is 0 Å². The van der Waals surface area contributed by atoms with E-state index in [0.29, 0.717) is 38.9 Å². The third-order valence-electron chi connectivity index (χ3n) is 5.89. The Morgan fingerprint density at radius 2 is 1.97 bits per heavy atom. The van der Waals surface area contributed by atoms with Crippen molar-refractivity contribution in [3.8, 4) is 5.75 Å². The van der Waals surface area contributed by atoms with E-state index in [-0.39, 0.29) is 12.7 Å². The zero-order valence-electron chi connectivity index (χ0n) is 18.7. The summed E-state index contributed by atoms with van der Waals surface area (Å²) in [5.41, 5.74) is 1.07. The van der Waals surface area contributed by atoms with Crippen LogP contribution in [0.1, 0.15) is 57.4 Å². The van der Waals surface area contributed by atoms with Crippen LogP contribution in [-0.4, -0.2) is 55.1 Å². The number of aliphatic hydroxyl groups excluding tert-OH is 1. The molecule has 0 saturated carbocycles. The van der Waals surface area contributed by atoms with Crippen molar-refractivity contribution in [2.24, 2.45) is 0 Å². The summed E-state index contributed by atoms with van der Waals surface area (Å²) in [5.74, 6) is -0.234. The number of ether oxygens (including phenoxy) is 4. The van der Waals surface area contributed by atoms with Gasteiger partial charge in [0.1, 0.15) is 11.4 Å². The first-order chi connectivity index (χ1) is 14.4. The van der Waals surface area contributed by atoms with Crippen molar-refractivity contribution in [2.45, 2.75) is 76.0 Å². The van der Waals surface area contributed by atoms with Crippen LogP contribution in [0.5, 0.6) is 5.75 Å². The first kappa shape index (κ1) is 24.8. The van der Waals surface area contributed by atoms with E-state index in [1.807, 2.05) is 24.3 Å². The van der Waals surface area contributed by atoms with Gasteiger partial charge >= 0.3 is 0 Å². The Morgan fingerprint density at radius 1 is 1.23 bits per heavy atom. The van der Waals surface area contributed by atoms with Crippen LogP contribution >= 0.6 is 0 Å². The lowest BCUT2D eigenvalue weighted by atomic mass is 9.81. The Kier molecular flexibility index (Phi) is 9.78. The van der Waals surface area contributed by atoms with E-state index in [1.54, 1.807) is 21.1 Å². The van der Waals surface area contributed by atoms with Crippen LogP contribution in [0, 0.1) is 0 Å². The van der Waals surface area contributed by atoms with Gasteiger partial charge in [0.2, 0.25) is 0 Å². The standard InChI is InChI=1S/C24H38O6/c1-19(7-5-15-25)17-22-12-14-23(2,26)24(28-4,30-22)13-6-16-29-18-20-8-10-21(27-3)11-9-20/h8-11,22,25-26H,1,5-7,12-18H2,2-4H3/t22-,23+,24-/m0/s1. The number of hydrogen-bond acceptors (Lipinski definition) is 6. The van der Waals surface area contributed by atoms with Crippen molar-refractivity contribution in [1.29, 1.82) is 0 Å². The van der Waals surface area contributed by atoms with Gasteiger partial charge in [0.25, 0.3) is 0 Å². The number of aliphatic hydroxyl groups is 2. The van der Waals surface area contributed by atoms with Gasteiger partial charge < -0.3 is 29.2 Å². The van der Waals surface area contributed by atoms with Gasteiger partial charge in [-0.2, -0.15) is 0 Å². The van der Waals surface area contributed by atoms with E-state index >= 15 is 0 Å². The van der Waals surface area contributed by atoms with Crippen LogP contribution in [0.2, 0.25) is 0 Å². The summed E-state index contributed by atoms with van der Waals surface area (Å²) in [6.45, 7) is 7.12. The molecule has 2 rings (SSSR count). The van der Waals surface area contributed by atoms with Gasteiger partial charge in [-0.15, -0.1) is 0 Å². The highest BCUT2D eigenvalue weighted by molar-refractivity contribution is 5.26. The summed E-state index contributed by atoms with van der Waals surface area (Å²) >= 11 is 0. The minimum atomic E-state index is -1.07. The molecule has 0 aromatic heterocycles. The monoisotopic (exact) mass is 422 g/mol. The highest BCUT2D eigenvalue weighted by Gasteiger charge is 2.52. The van der Waals surface area contributed by atoms with Crippen molar-refractivity contribution < 1.29 is 29.2 Å². The van der Waals surface area contributed by atoms with Crippen LogP contribution in [0.25, 0.3) is 0 Å². The molecule has 30 heavy (non-hydrogen) atoms. The fraction of sp³-hybridized carbons (Fsp3) is 0.667. The summed E-state index contributed by atoms with van der Waals surface area (Å²) < 4.78 is 23.1. The third kappa shape index (κ3) is 6.79. The highest BCUT2D eigenvalue weighted by Crippen LogP contribution is 2.42. The smallest absolute Gasteiger partial charge is 0.197 e. The zero-order valence-corrected chi connectivity index (χ0v) is 18.7. The van der Waals surface area contributed by atoms with Gasteiger partial charge in [-0.25, -0.2) is 0 Å². The fourth-order valence-electron chi connectivity index (χ4n) is 4.00. The molecule has 1 aliphatic rings. The van der Waals surface area contributed by atoms with Crippen LogP contribution in [0.4, 0.5) is 0 Å². The van der Waals surface area contributed by atoms with Crippen molar-refractivity contribution in [2.75, 3.05) is 27.4 Å². The molecule has 1 aromatic rings. The Balaban J connectivity index is 1.84. The molecular formula is C24H38O6. The maximum atomic E-state index is 11.0. The van der Waals surface area contributed by atoms with Gasteiger partial charge in [0.05, 0.1) is 19.8 Å². The SMILES string of the molecule is C=C(CCCO)C[C@@H]1CC[C@@](C)(O)[C@@](CCCOCc2ccc(OC)cc2)(OC)O1. The molecule has 2 N–H and O–H groups in total. The average Bonchev–Trinajstić information content (AvgIpc) is 2.74. The van der Waals surface area contributed by atoms with Crippen LogP contribution in [0.15, 0.2) is 36.4 Å². The largest absolute Gasteiger partial charge is 0.497 e. The quantitative estimate of drug-likeness (QED) is 0.370. The molecule has 1 aromatic carbocycles. The van der Waals surface area contributed by atoms with E-state index in [0.717, 1.165) is 36.1 Å². The van der Waals surface area contributed by atoms with Crippen LogP contribution < -0.4 is 4.74 Å². The number of hydrogen-bond donors (Lipinski definition) is 2. The first-order valence-electron chi connectivity index (χ1n) is 10.8. The lowest BCUT2D eigenvalue weighted by molar-refractivity contribution is -0.348.